The average Bonchev–Trinajstić information content (AvgIpc) is 1.63. The predicted octanol–water partition coefficient (Wildman–Crippen LogP) is 1.87. The van der Waals surface area contributed by atoms with Crippen molar-refractivity contribution in [1.29, 1.82) is 0 Å². The average molecular weight is 229 g/mol. The fourth-order valence-corrected chi connectivity index (χ4v) is 0.353. The van der Waals surface area contributed by atoms with Gasteiger partial charge in [0.2, 0.25) is 5.56 Å². The molecular weight excluding hydrogens is 224 g/mol. The van der Waals surface area contributed by atoms with E-state index >= 15 is 0 Å². The van der Waals surface area contributed by atoms with Gasteiger partial charge < -0.3 is 10.5 Å². The first-order chi connectivity index (χ1) is 4.04. The van der Waals surface area contributed by atoms with Gasteiger partial charge in [0.15, 0.2) is 4.84 Å². The van der Waals surface area contributed by atoms with Crippen LogP contribution >= 0.6 is 47.2 Å². The molecule has 3 nitrogen and oxygen atoms in total. The number of primary amides is 1. The van der Waals surface area contributed by atoms with Gasteiger partial charge in [0.1, 0.15) is 0 Å². The van der Waals surface area contributed by atoms with Gasteiger partial charge in [-0.3, -0.25) is 0 Å². The molecule has 0 saturated heterocycles. The highest BCUT2D eigenvalue weighted by Gasteiger charge is 2.16. The molecule has 0 radical (unpaired) electrons. The molecule has 0 aliphatic rings. The first kappa shape index (κ1) is 13.1. The Morgan fingerprint density at radius 2 is 1.80 bits per heavy atom. The Hall–Kier alpha value is 0.430. The number of ether oxygens (including phenoxy) is 1. The van der Waals surface area contributed by atoms with Gasteiger partial charge in [0.05, 0.1) is 0 Å². The summed E-state index contributed by atoms with van der Waals surface area (Å²) in [6.45, 7) is 0. The van der Waals surface area contributed by atoms with Crippen LogP contribution < -0.4 is 5.73 Å². The van der Waals surface area contributed by atoms with Crippen LogP contribution in [0, 0.1) is 0 Å². The SMILES string of the molecule is Cl.NC(=O)OC(Cl)C(Cl)Cl. The molecule has 10 heavy (non-hydrogen) atoms. The smallest absolute Gasteiger partial charge is 0.406 e. The van der Waals surface area contributed by atoms with Crippen molar-refractivity contribution >= 4 is 53.3 Å². The number of nitrogens with two attached hydrogens (primary N) is 1. The molecule has 0 rings (SSSR count). The Bertz CT molecular complexity index is 109. The summed E-state index contributed by atoms with van der Waals surface area (Å²) in [6.07, 6.45) is -0.999. The Morgan fingerprint density at radius 3 is 1.90 bits per heavy atom. The Balaban J connectivity index is 0. The summed E-state index contributed by atoms with van der Waals surface area (Å²) in [5, 5.41) is 0. The van der Waals surface area contributed by atoms with Crippen LogP contribution in [0.4, 0.5) is 4.79 Å². The number of alkyl halides is 3. The molecule has 0 aromatic rings. The first-order valence-electron chi connectivity index (χ1n) is 1.92. The molecule has 7 heteroatoms. The van der Waals surface area contributed by atoms with Gasteiger partial charge >= 0.3 is 6.09 Å². The third kappa shape index (κ3) is 6.55. The lowest BCUT2D eigenvalue weighted by Crippen LogP contribution is -2.22. The van der Waals surface area contributed by atoms with Crippen LogP contribution in [-0.2, 0) is 4.74 Å². The van der Waals surface area contributed by atoms with Crippen molar-refractivity contribution in [3.63, 3.8) is 0 Å². The van der Waals surface area contributed by atoms with E-state index in [4.69, 9.17) is 34.8 Å². The highest BCUT2D eigenvalue weighted by atomic mass is 35.5. The Labute approximate surface area is 79.1 Å². The highest BCUT2D eigenvalue weighted by molar-refractivity contribution is 6.48. The second-order valence-corrected chi connectivity index (χ2v) is 2.72. The van der Waals surface area contributed by atoms with Crippen LogP contribution in [0.15, 0.2) is 0 Å². The number of carbonyl (C=O) groups is 1. The molecule has 0 aliphatic heterocycles. The molecule has 0 bridgehead atoms. The van der Waals surface area contributed by atoms with Crippen molar-refractivity contribution in [2.75, 3.05) is 0 Å². The fraction of sp³-hybridized carbons (Fsp3) is 0.667. The lowest BCUT2D eigenvalue weighted by molar-refractivity contribution is 0.147. The maximum Gasteiger partial charge on any atom is 0.406 e. The van der Waals surface area contributed by atoms with Gasteiger partial charge in [0, 0.05) is 0 Å². The summed E-state index contributed by atoms with van der Waals surface area (Å²) < 4.78 is 4.15. The van der Waals surface area contributed by atoms with Gasteiger partial charge in [0.25, 0.3) is 0 Å². The Morgan fingerprint density at radius 1 is 1.40 bits per heavy atom. The zero-order chi connectivity index (χ0) is 7.44. The molecule has 62 valence electrons. The zero-order valence-corrected chi connectivity index (χ0v) is 7.67. The largest absolute Gasteiger partial charge is 0.427 e. The summed E-state index contributed by atoms with van der Waals surface area (Å²) in [7, 11) is 0. The molecule has 0 aromatic carbocycles. The predicted molar refractivity (Wildman–Crippen MR) is 43.1 cm³/mol. The molecule has 0 spiro atoms. The summed E-state index contributed by atoms with van der Waals surface area (Å²) in [6, 6.07) is 0. The second kappa shape index (κ2) is 6.16. The standard InChI is InChI=1S/C3H4Cl3NO2.ClH/c4-1(5)2(6)9-3(7)8;/h1-2H,(H2,7,8);1H. The lowest BCUT2D eigenvalue weighted by atomic mass is 10.8. The number of hydrogen-bond donors (Lipinski definition) is 1. The zero-order valence-electron chi connectivity index (χ0n) is 4.59. The van der Waals surface area contributed by atoms with Gasteiger partial charge in [-0.05, 0) is 0 Å². The van der Waals surface area contributed by atoms with E-state index < -0.39 is 16.5 Å². The molecule has 0 saturated carbocycles. The highest BCUT2D eigenvalue weighted by Crippen LogP contribution is 2.14. The van der Waals surface area contributed by atoms with Crippen LogP contribution in [0.5, 0.6) is 0 Å². The third-order valence-electron chi connectivity index (χ3n) is 0.427. The quantitative estimate of drug-likeness (QED) is 0.734. The summed E-state index contributed by atoms with van der Waals surface area (Å²) in [5.74, 6) is 0. The molecule has 0 aromatic heterocycles. The minimum absolute atomic E-state index is 0. The molecule has 1 atom stereocenters. The number of amides is 1. The number of rotatable bonds is 2. The number of halogens is 4. The molecule has 0 fully saturated rings. The summed E-state index contributed by atoms with van der Waals surface area (Å²) >= 11 is 15.6. The molecular formula is C3H5Cl4NO2. The fourth-order valence-electron chi connectivity index (χ4n) is 0.162. The summed E-state index contributed by atoms with van der Waals surface area (Å²) in [4.78, 5) is 8.95. The van der Waals surface area contributed by atoms with Gasteiger partial charge in [-0.2, -0.15) is 0 Å². The van der Waals surface area contributed by atoms with E-state index in [-0.39, 0.29) is 12.4 Å². The van der Waals surface area contributed by atoms with Crippen LogP contribution in [0.3, 0.4) is 0 Å². The topological polar surface area (TPSA) is 52.3 Å². The first-order valence-corrected chi connectivity index (χ1v) is 3.23. The van der Waals surface area contributed by atoms with Crippen molar-refractivity contribution in [3.8, 4) is 0 Å². The third-order valence-corrected chi connectivity index (χ3v) is 1.48. The van der Waals surface area contributed by atoms with E-state index in [0.717, 1.165) is 0 Å². The lowest BCUT2D eigenvalue weighted by Gasteiger charge is -2.07. The Kier molecular flexibility index (Phi) is 8.04. The molecule has 1 amide bonds. The number of hydrogen-bond acceptors (Lipinski definition) is 2. The van der Waals surface area contributed by atoms with Gasteiger partial charge in [-0.25, -0.2) is 4.79 Å². The van der Waals surface area contributed by atoms with Crippen molar-refractivity contribution < 1.29 is 9.53 Å². The van der Waals surface area contributed by atoms with Crippen LogP contribution in [0.1, 0.15) is 0 Å². The van der Waals surface area contributed by atoms with Crippen LogP contribution in [0.25, 0.3) is 0 Å². The normalized spacial score (nSPS) is 12.0. The van der Waals surface area contributed by atoms with Crippen molar-refractivity contribution in [2.45, 2.75) is 10.4 Å². The molecule has 0 heterocycles. The molecule has 0 aliphatic carbocycles. The minimum Gasteiger partial charge on any atom is -0.427 e. The van der Waals surface area contributed by atoms with E-state index in [0.29, 0.717) is 0 Å². The van der Waals surface area contributed by atoms with E-state index in [1.165, 1.54) is 0 Å². The van der Waals surface area contributed by atoms with Crippen LogP contribution in [-0.4, -0.2) is 16.5 Å². The van der Waals surface area contributed by atoms with E-state index in [1.807, 2.05) is 0 Å². The minimum atomic E-state index is -1.08. The van der Waals surface area contributed by atoms with Crippen LogP contribution in [0.2, 0.25) is 0 Å². The molecule has 1 unspecified atom stereocenters. The van der Waals surface area contributed by atoms with Gasteiger partial charge in [-0.1, -0.05) is 34.8 Å². The van der Waals surface area contributed by atoms with Gasteiger partial charge in [-0.15, -0.1) is 12.4 Å². The van der Waals surface area contributed by atoms with E-state index in [1.54, 1.807) is 0 Å². The van der Waals surface area contributed by atoms with Crippen molar-refractivity contribution in [2.24, 2.45) is 5.73 Å². The maximum absolute atomic E-state index is 9.91. The van der Waals surface area contributed by atoms with Crippen molar-refractivity contribution in [3.05, 3.63) is 0 Å². The monoisotopic (exact) mass is 227 g/mol. The van der Waals surface area contributed by atoms with E-state index in [9.17, 15) is 4.79 Å². The number of carbonyl (C=O) groups excluding carboxylic acids is 1. The maximum atomic E-state index is 9.91. The second-order valence-electron chi connectivity index (χ2n) is 1.12. The van der Waals surface area contributed by atoms with Crippen molar-refractivity contribution in [1.82, 2.24) is 0 Å². The summed E-state index contributed by atoms with van der Waals surface area (Å²) in [5.41, 5.74) is 3.49. The molecule has 2 N–H and O–H groups in total. The van der Waals surface area contributed by atoms with E-state index in [2.05, 4.69) is 10.5 Å².